The van der Waals surface area contributed by atoms with Gasteiger partial charge in [0, 0.05) is 5.02 Å². The number of ether oxygens (including phenoxy) is 1. The summed E-state index contributed by atoms with van der Waals surface area (Å²) in [6.45, 7) is 0.730. The summed E-state index contributed by atoms with van der Waals surface area (Å²) < 4.78 is 6.30. The van der Waals surface area contributed by atoms with Gasteiger partial charge in [0.1, 0.15) is 0 Å². The maximum absolute atomic E-state index is 6.30. The van der Waals surface area contributed by atoms with E-state index in [1.54, 1.807) is 0 Å². The lowest BCUT2D eigenvalue weighted by Crippen LogP contribution is -2.49. The molecule has 0 spiro atoms. The van der Waals surface area contributed by atoms with E-state index in [2.05, 4.69) is 6.07 Å². The predicted octanol–water partition coefficient (Wildman–Crippen LogP) is 4.68. The predicted molar refractivity (Wildman–Crippen MR) is 77.1 cm³/mol. The molecule has 5 rings (SSSR count). The van der Waals surface area contributed by atoms with Crippen molar-refractivity contribution in [2.75, 3.05) is 0 Å². The first-order chi connectivity index (χ1) is 9.28. The molecule has 0 aliphatic heterocycles. The van der Waals surface area contributed by atoms with Crippen LogP contribution in [0.4, 0.5) is 0 Å². The topological polar surface area (TPSA) is 9.23 Å². The molecule has 4 aliphatic carbocycles. The maximum Gasteiger partial charge on any atom is 0.0721 e. The first-order valence-electron chi connectivity index (χ1n) is 7.64. The largest absolute Gasteiger partial charge is 0.373 e. The zero-order valence-electron chi connectivity index (χ0n) is 11.2. The van der Waals surface area contributed by atoms with Gasteiger partial charge in [0.25, 0.3) is 0 Å². The van der Waals surface area contributed by atoms with Crippen LogP contribution in [0.15, 0.2) is 24.3 Å². The number of halogens is 1. The Bertz CT molecular complexity index is 442. The second-order valence-electron chi connectivity index (χ2n) is 6.84. The van der Waals surface area contributed by atoms with E-state index >= 15 is 0 Å². The summed E-state index contributed by atoms with van der Waals surface area (Å²) in [6.07, 6.45) is 7.72. The Labute approximate surface area is 120 Å². The normalized spacial score (nSPS) is 39.7. The average molecular weight is 277 g/mol. The second kappa shape index (κ2) is 4.79. The van der Waals surface area contributed by atoms with E-state index in [4.69, 9.17) is 16.3 Å². The van der Waals surface area contributed by atoms with Crippen molar-refractivity contribution in [1.82, 2.24) is 0 Å². The molecular weight excluding hydrogens is 256 g/mol. The van der Waals surface area contributed by atoms with Crippen LogP contribution in [0.25, 0.3) is 0 Å². The lowest BCUT2D eigenvalue weighted by molar-refractivity contribution is -0.132. The minimum absolute atomic E-state index is 0.520. The molecule has 0 amide bonds. The Morgan fingerprint density at radius 3 is 2.32 bits per heavy atom. The third-order valence-corrected chi connectivity index (χ3v) is 5.71. The van der Waals surface area contributed by atoms with Crippen molar-refractivity contribution < 1.29 is 4.74 Å². The number of hydrogen-bond donors (Lipinski definition) is 0. The minimum atomic E-state index is 0.520. The highest BCUT2D eigenvalue weighted by atomic mass is 35.5. The van der Waals surface area contributed by atoms with Gasteiger partial charge in [-0.15, -0.1) is 0 Å². The molecular formula is C17H21ClO. The Morgan fingerprint density at radius 1 is 1.00 bits per heavy atom. The fourth-order valence-corrected chi connectivity index (χ4v) is 5.18. The highest BCUT2D eigenvalue weighted by Gasteiger charge is 2.48. The Kier molecular flexibility index (Phi) is 3.08. The van der Waals surface area contributed by atoms with Gasteiger partial charge in [-0.25, -0.2) is 0 Å². The number of rotatable bonds is 3. The van der Waals surface area contributed by atoms with Crippen molar-refractivity contribution in [2.45, 2.75) is 44.8 Å². The summed E-state index contributed by atoms with van der Waals surface area (Å²) in [4.78, 5) is 0. The summed E-state index contributed by atoms with van der Waals surface area (Å²) in [5, 5.41) is 0.811. The van der Waals surface area contributed by atoms with Crippen LogP contribution in [-0.4, -0.2) is 6.10 Å². The average Bonchev–Trinajstić information content (AvgIpc) is 2.37. The molecule has 4 aliphatic rings. The van der Waals surface area contributed by atoms with Crippen LogP contribution in [-0.2, 0) is 11.3 Å². The third kappa shape index (κ3) is 2.32. The molecule has 0 saturated heterocycles. The van der Waals surface area contributed by atoms with Crippen molar-refractivity contribution in [2.24, 2.45) is 23.7 Å². The molecule has 0 N–H and O–H groups in total. The standard InChI is InChI=1S/C17H21ClO/c18-16-3-1-2-11(9-16)10-19-17-14-5-12-4-13(7-14)8-15(17)6-12/h1-3,9,12-15,17H,4-8,10H2. The molecule has 0 aromatic heterocycles. The van der Waals surface area contributed by atoms with Gasteiger partial charge >= 0.3 is 0 Å². The molecule has 19 heavy (non-hydrogen) atoms. The van der Waals surface area contributed by atoms with Gasteiger partial charge in [0.2, 0.25) is 0 Å². The highest BCUT2D eigenvalue weighted by molar-refractivity contribution is 6.30. The zero-order chi connectivity index (χ0) is 12.8. The van der Waals surface area contributed by atoms with Crippen molar-refractivity contribution >= 4 is 11.6 Å². The van der Waals surface area contributed by atoms with Crippen LogP contribution < -0.4 is 0 Å². The Morgan fingerprint density at radius 2 is 1.68 bits per heavy atom. The van der Waals surface area contributed by atoms with Crippen molar-refractivity contribution in [3.8, 4) is 0 Å². The van der Waals surface area contributed by atoms with Crippen LogP contribution in [0.5, 0.6) is 0 Å². The van der Waals surface area contributed by atoms with Crippen molar-refractivity contribution in [1.29, 1.82) is 0 Å². The van der Waals surface area contributed by atoms with Gasteiger partial charge in [-0.3, -0.25) is 0 Å². The number of benzene rings is 1. The van der Waals surface area contributed by atoms with Gasteiger partial charge in [0.15, 0.2) is 0 Å². The van der Waals surface area contributed by atoms with Gasteiger partial charge in [0.05, 0.1) is 12.7 Å². The molecule has 1 nitrogen and oxygen atoms in total. The first-order valence-corrected chi connectivity index (χ1v) is 8.02. The summed E-state index contributed by atoms with van der Waals surface area (Å²) in [5.41, 5.74) is 1.21. The lowest BCUT2D eigenvalue weighted by atomic mass is 9.55. The molecule has 0 heterocycles. The fraction of sp³-hybridized carbons (Fsp3) is 0.647. The van der Waals surface area contributed by atoms with Crippen molar-refractivity contribution in [3.05, 3.63) is 34.9 Å². The quantitative estimate of drug-likeness (QED) is 0.779. The van der Waals surface area contributed by atoms with Crippen LogP contribution in [0.2, 0.25) is 5.02 Å². The monoisotopic (exact) mass is 276 g/mol. The van der Waals surface area contributed by atoms with E-state index in [0.717, 1.165) is 35.3 Å². The maximum atomic E-state index is 6.30. The highest BCUT2D eigenvalue weighted by Crippen LogP contribution is 2.54. The van der Waals surface area contributed by atoms with Gasteiger partial charge in [-0.2, -0.15) is 0 Å². The van der Waals surface area contributed by atoms with E-state index in [9.17, 15) is 0 Å². The van der Waals surface area contributed by atoms with E-state index in [0.29, 0.717) is 6.10 Å². The summed E-state index contributed by atoms with van der Waals surface area (Å²) >= 11 is 6.03. The molecule has 102 valence electrons. The molecule has 0 radical (unpaired) electrons. The minimum Gasteiger partial charge on any atom is -0.373 e. The molecule has 0 atom stereocenters. The Balaban J connectivity index is 1.43. The molecule has 0 unspecified atom stereocenters. The van der Waals surface area contributed by atoms with Crippen LogP contribution in [0.3, 0.4) is 0 Å². The van der Waals surface area contributed by atoms with E-state index in [-0.39, 0.29) is 0 Å². The molecule has 4 saturated carbocycles. The van der Waals surface area contributed by atoms with E-state index < -0.39 is 0 Å². The Hall–Kier alpha value is -0.530. The van der Waals surface area contributed by atoms with Crippen LogP contribution >= 0.6 is 11.6 Å². The molecule has 4 fully saturated rings. The molecule has 2 heteroatoms. The molecule has 1 aromatic carbocycles. The molecule has 1 aromatic rings. The first kappa shape index (κ1) is 12.2. The smallest absolute Gasteiger partial charge is 0.0721 e. The van der Waals surface area contributed by atoms with Crippen LogP contribution in [0.1, 0.15) is 37.7 Å². The van der Waals surface area contributed by atoms with Crippen LogP contribution in [0, 0.1) is 23.7 Å². The summed E-state index contributed by atoms with van der Waals surface area (Å²) in [5.74, 6) is 3.73. The second-order valence-corrected chi connectivity index (χ2v) is 7.27. The summed E-state index contributed by atoms with van der Waals surface area (Å²) in [7, 11) is 0. The summed E-state index contributed by atoms with van der Waals surface area (Å²) in [6, 6.07) is 8.07. The third-order valence-electron chi connectivity index (χ3n) is 5.47. The fourth-order valence-electron chi connectivity index (χ4n) is 4.97. The lowest BCUT2D eigenvalue weighted by Gasteiger charge is -2.54. The number of hydrogen-bond acceptors (Lipinski definition) is 1. The molecule has 4 bridgehead atoms. The van der Waals surface area contributed by atoms with Crippen molar-refractivity contribution in [3.63, 3.8) is 0 Å². The van der Waals surface area contributed by atoms with Gasteiger partial charge in [-0.1, -0.05) is 23.7 Å². The zero-order valence-corrected chi connectivity index (χ0v) is 12.0. The van der Waals surface area contributed by atoms with E-state index in [1.807, 2.05) is 18.2 Å². The van der Waals surface area contributed by atoms with Gasteiger partial charge < -0.3 is 4.74 Å². The van der Waals surface area contributed by atoms with Gasteiger partial charge in [-0.05, 0) is 73.5 Å². The van der Waals surface area contributed by atoms with E-state index in [1.165, 1.54) is 37.7 Å². The SMILES string of the molecule is Clc1cccc(COC2C3CC4CC(C3)CC2C4)c1.